The van der Waals surface area contributed by atoms with E-state index in [9.17, 15) is 0 Å². The molecular weight excluding hydrogens is 378 g/mol. The molecule has 3 aromatic carbocycles. The smallest absolute Gasteiger partial charge is 0.122 e. The maximum Gasteiger partial charge on any atom is 0.122 e. The van der Waals surface area contributed by atoms with E-state index < -0.39 is 0 Å². The number of fused-ring (bicyclic) bond motifs is 3. The minimum atomic E-state index is 0.176. The van der Waals surface area contributed by atoms with Crippen LogP contribution in [-0.4, -0.2) is 11.1 Å². The lowest BCUT2D eigenvalue weighted by molar-refractivity contribution is 0.208. The summed E-state index contributed by atoms with van der Waals surface area (Å²) < 4.78 is 6.34. The molecule has 0 saturated heterocycles. The van der Waals surface area contributed by atoms with Crippen LogP contribution in [0.25, 0.3) is 21.7 Å². The van der Waals surface area contributed by atoms with Crippen molar-refractivity contribution < 1.29 is 4.74 Å². The highest BCUT2D eigenvalue weighted by Crippen LogP contribution is 2.35. The number of hydrogen-bond donors (Lipinski definition) is 0. The molecule has 4 rings (SSSR count). The second kappa shape index (κ2) is 9.51. The Hall–Kier alpha value is -2.87. The number of nitrogens with zero attached hydrogens (tertiary/aromatic N) is 1. The summed E-state index contributed by atoms with van der Waals surface area (Å²) in [6, 6.07) is 23.7. The summed E-state index contributed by atoms with van der Waals surface area (Å²) in [5, 5.41) is 3.81. The lowest BCUT2D eigenvalue weighted by atomic mass is 9.94. The van der Waals surface area contributed by atoms with E-state index in [-0.39, 0.29) is 6.10 Å². The molecule has 2 unspecified atom stereocenters. The largest absolute Gasteiger partial charge is 0.491 e. The zero-order valence-corrected chi connectivity index (χ0v) is 19.2. The molecule has 0 aliphatic rings. The average molecular weight is 412 g/mol. The molecule has 2 heteroatoms. The van der Waals surface area contributed by atoms with Crippen molar-refractivity contribution in [1.29, 1.82) is 0 Å². The molecule has 0 N–H and O–H groups in total. The van der Waals surface area contributed by atoms with Crippen molar-refractivity contribution in [2.24, 2.45) is 0 Å². The molecule has 0 radical (unpaired) electrons. The van der Waals surface area contributed by atoms with Crippen molar-refractivity contribution in [2.75, 3.05) is 0 Å². The lowest BCUT2D eigenvalue weighted by Crippen LogP contribution is -2.12. The van der Waals surface area contributed by atoms with Gasteiger partial charge in [0.05, 0.1) is 17.3 Å². The first-order valence-corrected chi connectivity index (χ1v) is 11.6. The minimum absolute atomic E-state index is 0.176. The molecule has 1 aromatic heterocycles. The van der Waals surface area contributed by atoms with Gasteiger partial charge in [0.15, 0.2) is 0 Å². The van der Waals surface area contributed by atoms with Gasteiger partial charge in [0, 0.05) is 16.8 Å². The van der Waals surface area contributed by atoms with E-state index in [1.807, 2.05) is 0 Å². The van der Waals surface area contributed by atoms with Crippen LogP contribution in [0.4, 0.5) is 0 Å². The molecule has 0 bridgehead atoms. The fraction of sp³-hybridized carbons (Fsp3) is 0.345. The Bertz CT molecular complexity index is 1170. The zero-order valence-electron chi connectivity index (χ0n) is 19.2. The molecule has 1 heterocycles. The molecule has 0 fully saturated rings. The van der Waals surface area contributed by atoms with Gasteiger partial charge in [-0.05, 0) is 68.0 Å². The maximum atomic E-state index is 6.34. The second-order valence-electron chi connectivity index (χ2n) is 8.79. The molecule has 0 amide bonds. The third-order valence-corrected chi connectivity index (χ3v) is 6.34. The van der Waals surface area contributed by atoms with Gasteiger partial charge in [-0.3, -0.25) is 4.98 Å². The Kier molecular flexibility index (Phi) is 6.56. The van der Waals surface area contributed by atoms with Gasteiger partial charge in [-0.25, -0.2) is 0 Å². The summed E-state index contributed by atoms with van der Waals surface area (Å²) in [5.74, 6) is 1.35. The second-order valence-corrected chi connectivity index (χ2v) is 8.79. The van der Waals surface area contributed by atoms with Crippen LogP contribution in [0.2, 0.25) is 0 Å². The molecule has 31 heavy (non-hydrogen) atoms. The molecular formula is C29H33NO. The van der Waals surface area contributed by atoms with E-state index in [4.69, 9.17) is 9.72 Å². The first-order valence-electron chi connectivity index (χ1n) is 11.6. The summed E-state index contributed by atoms with van der Waals surface area (Å²) in [4.78, 5) is 5.12. The predicted octanol–water partition coefficient (Wildman–Crippen LogP) is 8.00. The van der Waals surface area contributed by atoms with Gasteiger partial charge < -0.3 is 4.74 Å². The van der Waals surface area contributed by atoms with E-state index in [0.717, 1.165) is 36.9 Å². The van der Waals surface area contributed by atoms with Gasteiger partial charge in [0.25, 0.3) is 0 Å². The number of hydrogen-bond acceptors (Lipinski definition) is 2. The maximum absolute atomic E-state index is 6.34. The number of aryl methyl sites for hydroxylation is 2. The van der Waals surface area contributed by atoms with Crippen molar-refractivity contribution >= 4 is 21.7 Å². The Balaban J connectivity index is 1.58. The van der Waals surface area contributed by atoms with Crippen LogP contribution >= 0.6 is 0 Å². The molecule has 2 nitrogen and oxygen atoms in total. The summed E-state index contributed by atoms with van der Waals surface area (Å²) in [7, 11) is 0. The lowest BCUT2D eigenvalue weighted by Gasteiger charge is -2.18. The quantitative estimate of drug-likeness (QED) is 0.274. The first-order chi connectivity index (χ1) is 15.1. The van der Waals surface area contributed by atoms with Crippen LogP contribution in [0, 0.1) is 6.92 Å². The molecule has 0 spiro atoms. The van der Waals surface area contributed by atoms with Crippen molar-refractivity contribution in [2.45, 2.75) is 65.4 Å². The molecule has 0 saturated carbocycles. The van der Waals surface area contributed by atoms with Gasteiger partial charge >= 0.3 is 0 Å². The van der Waals surface area contributed by atoms with Gasteiger partial charge in [-0.15, -0.1) is 0 Å². The van der Waals surface area contributed by atoms with Gasteiger partial charge in [0.2, 0.25) is 0 Å². The number of aromatic nitrogens is 1. The summed E-state index contributed by atoms with van der Waals surface area (Å²) in [6.07, 6.45) is 4.51. The van der Waals surface area contributed by atoms with Gasteiger partial charge in [-0.2, -0.15) is 0 Å². The highest BCUT2D eigenvalue weighted by Gasteiger charge is 2.15. The summed E-state index contributed by atoms with van der Waals surface area (Å²) in [5.41, 5.74) is 4.85. The summed E-state index contributed by atoms with van der Waals surface area (Å²) in [6.45, 7) is 8.84. The fourth-order valence-electron chi connectivity index (χ4n) is 4.46. The van der Waals surface area contributed by atoms with Crippen LogP contribution in [0.1, 0.15) is 62.8 Å². The number of benzene rings is 3. The molecule has 0 aliphatic carbocycles. The third kappa shape index (κ3) is 4.74. The van der Waals surface area contributed by atoms with E-state index in [1.165, 1.54) is 33.0 Å². The van der Waals surface area contributed by atoms with Crippen LogP contribution in [0.5, 0.6) is 5.75 Å². The van der Waals surface area contributed by atoms with Crippen LogP contribution < -0.4 is 4.74 Å². The highest BCUT2D eigenvalue weighted by molar-refractivity contribution is 6.08. The zero-order chi connectivity index (χ0) is 21.8. The Morgan fingerprint density at radius 1 is 0.903 bits per heavy atom. The number of ether oxygens (including phenoxy) is 1. The van der Waals surface area contributed by atoms with Crippen molar-refractivity contribution in [3.05, 3.63) is 83.6 Å². The number of rotatable bonds is 8. The Labute approximate surface area is 186 Å². The van der Waals surface area contributed by atoms with E-state index in [2.05, 4.69) is 94.4 Å². The fourth-order valence-corrected chi connectivity index (χ4v) is 4.46. The Morgan fingerprint density at radius 3 is 2.35 bits per heavy atom. The van der Waals surface area contributed by atoms with Gasteiger partial charge in [0.1, 0.15) is 5.75 Å². The van der Waals surface area contributed by atoms with Crippen molar-refractivity contribution in [1.82, 2.24) is 4.98 Å². The van der Waals surface area contributed by atoms with Crippen molar-refractivity contribution in [3.8, 4) is 5.75 Å². The van der Waals surface area contributed by atoms with Crippen LogP contribution in [0.15, 0.2) is 66.7 Å². The Morgan fingerprint density at radius 2 is 1.61 bits per heavy atom. The minimum Gasteiger partial charge on any atom is -0.491 e. The van der Waals surface area contributed by atoms with E-state index in [0.29, 0.717) is 5.92 Å². The SMILES string of the molecule is CCC(C)c1nc2cc(OC(C)CCCc3ccccc3)cc(C)c2c2ccccc12. The highest BCUT2D eigenvalue weighted by atomic mass is 16.5. The van der Waals surface area contributed by atoms with E-state index in [1.54, 1.807) is 0 Å². The predicted molar refractivity (Wildman–Crippen MR) is 132 cm³/mol. The molecule has 2 atom stereocenters. The first kappa shape index (κ1) is 21.4. The average Bonchev–Trinajstić information content (AvgIpc) is 2.78. The molecule has 4 aromatic rings. The summed E-state index contributed by atoms with van der Waals surface area (Å²) >= 11 is 0. The van der Waals surface area contributed by atoms with E-state index >= 15 is 0 Å². The molecule has 160 valence electrons. The molecule has 0 aliphatic heterocycles. The third-order valence-electron chi connectivity index (χ3n) is 6.34. The normalized spacial score (nSPS) is 13.4. The monoisotopic (exact) mass is 411 g/mol. The topological polar surface area (TPSA) is 22.1 Å². The van der Waals surface area contributed by atoms with Crippen LogP contribution in [-0.2, 0) is 6.42 Å². The number of pyridine rings is 1. The van der Waals surface area contributed by atoms with Crippen LogP contribution in [0.3, 0.4) is 0 Å². The van der Waals surface area contributed by atoms with Gasteiger partial charge in [-0.1, -0.05) is 68.4 Å². The van der Waals surface area contributed by atoms with Crippen molar-refractivity contribution in [3.63, 3.8) is 0 Å². The standard InChI is InChI=1S/C29H33NO/c1-5-20(2)29-26-17-10-9-16-25(26)28-21(3)18-24(19-27(28)30-29)31-22(4)12-11-15-23-13-7-6-8-14-23/h6-10,13-14,16-20,22H,5,11-12,15H2,1-4H3.